The second kappa shape index (κ2) is 5.71. The van der Waals surface area contributed by atoms with Gasteiger partial charge >= 0.3 is 6.18 Å². The molecule has 5 heteroatoms. The first kappa shape index (κ1) is 15.0. The fraction of sp³-hybridized carbons (Fsp3) is 0.538. The van der Waals surface area contributed by atoms with Crippen molar-refractivity contribution in [3.63, 3.8) is 0 Å². The van der Waals surface area contributed by atoms with Crippen LogP contribution in [-0.2, 0) is 12.6 Å². The molecule has 18 heavy (non-hydrogen) atoms. The quantitative estimate of drug-likeness (QED) is 0.856. The van der Waals surface area contributed by atoms with E-state index in [0.29, 0.717) is 12.8 Å². The Hall–Kier alpha value is -1.07. The molecule has 0 aromatic heterocycles. The number of hydrogen-bond donors (Lipinski definition) is 2. The van der Waals surface area contributed by atoms with Crippen molar-refractivity contribution < 1.29 is 18.3 Å². The van der Waals surface area contributed by atoms with E-state index in [1.807, 2.05) is 6.92 Å². The number of halogens is 3. The highest BCUT2D eigenvalue weighted by Gasteiger charge is 2.35. The van der Waals surface area contributed by atoms with Gasteiger partial charge in [0, 0.05) is 13.0 Å². The normalized spacial score (nSPS) is 15.4. The van der Waals surface area contributed by atoms with Crippen LogP contribution in [0.5, 0.6) is 0 Å². The Balaban J connectivity index is 3.04. The lowest BCUT2D eigenvalue weighted by Crippen LogP contribution is -2.40. The van der Waals surface area contributed by atoms with Gasteiger partial charge in [-0.15, -0.1) is 0 Å². The van der Waals surface area contributed by atoms with Gasteiger partial charge in [-0.2, -0.15) is 13.2 Å². The summed E-state index contributed by atoms with van der Waals surface area (Å²) in [6.45, 7) is 1.81. The fourth-order valence-corrected chi connectivity index (χ4v) is 2.03. The van der Waals surface area contributed by atoms with Crippen LogP contribution in [0.3, 0.4) is 0 Å². The Morgan fingerprint density at radius 1 is 1.22 bits per heavy atom. The number of benzene rings is 1. The summed E-state index contributed by atoms with van der Waals surface area (Å²) in [6.07, 6.45) is -3.43. The van der Waals surface area contributed by atoms with Gasteiger partial charge < -0.3 is 10.8 Å². The maximum atomic E-state index is 12.8. The second-order valence-corrected chi connectivity index (χ2v) is 4.51. The van der Waals surface area contributed by atoms with E-state index in [9.17, 15) is 18.3 Å². The summed E-state index contributed by atoms with van der Waals surface area (Å²) in [4.78, 5) is 0. The van der Waals surface area contributed by atoms with Crippen LogP contribution < -0.4 is 5.73 Å². The summed E-state index contributed by atoms with van der Waals surface area (Å²) in [6, 6.07) is 5.29. The van der Waals surface area contributed by atoms with Crippen LogP contribution in [0.2, 0.25) is 0 Å². The van der Waals surface area contributed by atoms with Crippen LogP contribution in [0.4, 0.5) is 13.2 Å². The third-order valence-electron chi connectivity index (χ3n) is 2.94. The van der Waals surface area contributed by atoms with Crippen LogP contribution in [0, 0.1) is 0 Å². The molecule has 0 amide bonds. The summed E-state index contributed by atoms with van der Waals surface area (Å²) in [5.41, 5.74) is 3.59. The van der Waals surface area contributed by atoms with Gasteiger partial charge in [-0.1, -0.05) is 31.5 Å². The fourth-order valence-electron chi connectivity index (χ4n) is 2.03. The molecule has 0 aliphatic heterocycles. The van der Waals surface area contributed by atoms with Crippen LogP contribution in [-0.4, -0.2) is 17.3 Å². The van der Waals surface area contributed by atoms with Crippen molar-refractivity contribution in [3.05, 3.63) is 35.4 Å². The number of alkyl halides is 3. The monoisotopic (exact) mass is 261 g/mol. The minimum Gasteiger partial charge on any atom is -0.388 e. The van der Waals surface area contributed by atoms with Crippen LogP contribution in [0.25, 0.3) is 0 Å². The Kier molecular flexibility index (Phi) is 4.76. The molecule has 1 unspecified atom stereocenters. The molecule has 1 rings (SSSR count). The zero-order valence-electron chi connectivity index (χ0n) is 10.3. The summed E-state index contributed by atoms with van der Waals surface area (Å²) >= 11 is 0. The lowest BCUT2D eigenvalue weighted by molar-refractivity contribution is -0.138. The van der Waals surface area contributed by atoms with Gasteiger partial charge in [0.2, 0.25) is 0 Å². The highest BCUT2D eigenvalue weighted by atomic mass is 19.4. The minimum atomic E-state index is -4.40. The molecule has 0 bridgehead atoms. The summed E-state index contributed by atoms with van der Waals surface area (Å²) in [5.74, 6) is 0. The van der Waals surface area contributed by atoms with E-state index in [2.05, 4.69) is 0 Å². The highest BCUT2D eigenvalue weighted by Crippen LogP contribution is 2.33. The van der Waals surface area contributed by atoms with Crippen molar-refractivity contribution in [3.8, 4) is 0 Å². The van der Waals surface area contributed by atoms with Crippen molar-refractivity contribution in [1.29, 1.82) is 0 Å². The van der Waals surface area contributed by atoms with Gasteiger partial charge in [0.25, 0.3) is 0 Å². The van der Waals surface area contributed by atoms with Crippen LogP contribution in [0.1, 0.15) is 30.9 Å². The lowest BCUT2D eigenvalue weighted by atomic mass is 9.88. The minimum absolute atomic E-state index is 0.0486. The topological polar surface area (TPSA) is 46.2 Å². The first-order valence-electron chi connectivity index (χ1n) is 5.90. The number of rotatable bonds is 5. The van der Waals surface area contributed by atoms with Crippen molar-refractivity contribution in [2.45, 2.75) is 38.0 Å². The standard InChI is InChI=1S/C13H18F3NO/c1-2-7-12(18,9-17)8-10-5-3-4-6-11(10)13(14,15)16/h3-6,18H,2,7-9,17H2,1H3. The molecule has 0 fully saturated rings. The van der Waals surface area contributed by atoms with Gasteiger partial charge in [0.1, 0.15) is 0 Å². The summed E-state index contributed by atoms with van der Waals surface area (Å²) in [7, 11) is 0. The molecule has 0 aliphatic rings. The molecule has 2 nitrogen and oxygen atoms in total. The van der Waals surface area contributed by atoms with E-state index >= 15 is 0 Å². The number of aliphatic hydroxyl groups is 1. The largest absolute Gasteiger partial charge is 0.416 e. The Labute approximate surface area is 105 Å². The Bertz CT molecular complexity index is 392. The lowest BCUT2D eigenvalue weighted by Gasteiger charge is -2.27. The number of nitrogens with two attached hydrogens (primary N) is 1. The van der Waals surface area contributed by atoms with Gasteiger partial charge in [-0.25, -0.2) is 0 Å². The Morgan fingerprint density at radius 2 is 1.83 bits per heavy atom. The van der Waals surface area contributed by atoms with Crippen molar-refractivity contribution in [2.24, 2.45) is 5.73 Å². The maximum Gasteiger partial charge on any atom is 0.416 e. The molecule has 1 atom stereocenters. The SMILES string of the molecule is CCCC(O)(CN)Cc1ccccc1C(F)(F)F. The predicted molar refractivity (Wildman–Crippen MR) is 64.1 cm³/mol. The van der Waals surface area contributed by atoms with Gasteiger partial charge in [-0.05, 0) is 18.1 Å². The highest BCUT2D eigenvalue weighted by molar-refractivity contribution is 5.31. The molecule has 0 saturated heterocycles. The third kappa shape index (κ3) is 3.71. The molecular weight excluding hydrogens is 243 g/mol. The molecule has 0 aliphatic carbocycles. The smallest absolute Gasteiger partial charge is 0.388 e. The van der Waals surface area contributed by atoms with E-state index < -0.39 is 17.3 Å². The number of hydrogen-bond acceptors (Lipinski definition) is 2. The second-order valence-electron chi connectivity index (χ2n) is 4.51. The predicted octanol–water partition coefficient (Wildman–Crippen LogP) is 2.74. The van der Waals surface area contributed by atoms with Crippen LogP contribution in [0.15, 0.2) is 24.3 Å². The van der Waals surface area contributed by atoms with E-state index in [1.165, 1.54) is 18.2 Å². The van der Waals surface area contributed by atoms with Crippen molar-refractivity contribution in [2.75, 3.05) is 6.54 Å². The Morgan fingerprint density at radius 3 is 2.33 bits per heavy atom. The average molecular weight is 261 g/mol. The van der Waals surface area contributed by atoms with E-state index in [4.69, 9.17) is 5.73 Å². The molecule has 0 heterocycles. The molecule has 102 valence electrons. The van der Waals surface area contributed by atoms with Crippen molar-refractivity contribution in [1.82, 2.24) is 0 Å². The maximum absolute atomic E-state index is 12.8. The third-order valence-corrected chi connectivity index (χ3v) is 2.94. The van der Waals surface area contributed by atoms with Crippen LogP contribution >= 0.6 is 0 Å². The van der Waals surface area contributed by atoms with E-state index in [-0.39, 0.29) is 18.5 Å². The van der Waals surface area contributed by atoms with E-state index in [1.54, 1.807) is 0 Å². The van der Waals surface area contributed by atoms with E-state index in [0.717, 1.165) is 6.07 Å². The zero-order chi connectivity index (χ0) is 13.8. The molecule has 0 radical (unpaired) electrons. The molecule has 0 spiro atoms. The molecule has 3 N–H and O–H groups in total. The van der Waals surface area contributed by atoms with Crippen molar-refractivity contribution >= 4 is 0 Å². The molecule has 1 aromatic carbocycles. The van der Waals surface area contributed by atoms with Gasteiger partial charge in [0.05, 0.1) is 11.2 Å². The first-order chi connectivity index (χ1) is 8.32. The summed E-state index contributed by atoms with van der Waals surface area (Å²) in [5, 5.41) is 10.2. The van der Waals surface area contributed by atoms with Gasteiger partial charge in [-0.3, -0.25) is 0 Å². The summed E-state index contributed by atoms with van der Waals surface area (Å²) < 4.78 is 38.4. The molecule has 0 saturated carbocycles. The zero-order valence-corrected chi connectivity index (χ0v) is 10.3. The molecular formula is C13H18F3NO. The molecule has 1 aromatic rings. The van der Waals surface area contributed by atoms with Gasteiger partial charge in [0.15, 0.2) is 0 Å². The first-order valence-corrected chi connectivity index (χ1v) is 5.90. The average Bonchev–Trinajstić information content (AvgIpc) is 2.28.